The number of thiocarbonyl (C=S) groups is 1. The highest BCUT2D eigenvalue weighted by Gasteiger charge is 2.32. The molecule has 0 unspecified atom stereocenters. The van der Waals surface area contributed by atoms with Gasteiger partial charge in [-0.25, -0.2) is 13.6 Å². The first-order valence-corrected chi connectivity index (χ1v) is 9.79. The molecule has 2 aromatic rings. The molecule has 1 aliphatic heterocycles. The van der Waals surface area contributed by atoms with Gasteiger partial charge >= 0.3 is 0 Å². The molecule has 140 valence electrons. The quantitative estimate of drug-likeness (QED) is 0.525. The highest BCUT2D eigenvalue weighted by Crippen LogP contribution is 2.31. The van der Waals surface area contributed by atoms with Gasteiger partial charge in [0.2, 0.25) is 10.0 Å². The number of nitrogens with one attached hydrogen (secondary N) is 2. The predicted octanol–water partition coefficient (Wildman–Crippen LogP) is 1.31. The summed E-state index contributed by atoms with van der Waals surface area (Å²) in [6, 6.07) is 11.4. The Hall–Kier alpha value is -2.82. The number of hydrogen-bond acceptors (Lipinski definition) is 5. The van der Waals surface area contributed by atoms with E-state index in [-0.39, 0.29) is 21.6 Å². The molecule has 0 radical (unpaired) electrons. The topological polar surface area (TPSA) is 117 Å². The lowest BCUT2D eigenvalue weighted by Gasteiger charge is -2.11. The third-order valence-electron chi connectivity index (χ3n) is 4.05. The predicted molar refractivity (Wildman–Crippen MR) is 108 cm³/mol. The molecule has 8 nitrogen and oxygen atoms in total. The third kappa shape index (κ3) is 3.82. The van der Waals surface area contributed by atoms with Gasteiger partial charge in [0.1, 0.15) is 0 Å². The van der Waals surface area contributed by atoms with Gasteiger partial charge in [0, 0.05) is 18.3 Å². The molecule has 1 aliphatic rings. The third-order valence-corrected chi connectivity index (χ3v) is 5.17. The second kappa shape index (κ2) is 7.06. The number of benzene rings is 2. The van der Waals surface area contributed by atoms with E-state index in [0.29, 0.717) is 5.69 Å². The number of fused-ring (bicyclic) bond motifs is 1. The van der Waals surface area contributed by atoms with Crippen LogP contribution >= 0.6 is 12.2 Å². The highest BCUT2D eigenvalue weighted by atomic mass is 32.2. The van der Waals surface area contributed by atoms with Crippen molar-refractivity contribution in [3.63, 3.8) is 0 Å². The normalized spacial score (nSPS) is 15.0. The Labute approximate surface area is 162 Å². The number of sulfonamides is 1. The van der Waals surface area contributed by atoms with Crippen LogP contribution in [0.15, 0.2) is 52.5 Å². The summed E-state index contributed by atoms with van der Waals surface area (Å²) in [5.74, 6) is -0.230. The Balaban J connectivity index is 1.74. The van der Waals surface area contributed by atoms with E-state index in [1.807, 2.05) is 25.1 Å². The van der Waals surface area contributed by atoms with Crippen molar-refractivity contribution in [2.45, 2.75) is 11.8 Å². The van der Waals surface area contributed by atoms with E-state index in [2.05, 4.69) is 15.8 Å². The minimum absolute atomic E-state index is 0.00117. The van der Waals surface area contributed by atoms with Crippen LogP contribution in [-0.2, 0) is 14.8 Å². The fourth-order valence-electron chi connectivity index (χ4n) is 2.77. The van der Waals surface area contributed by atoms with E-state index < -0.39 is 10.0 Å². The Morgan fingerprint density at radius 1 is 1.19 bits per heavy atom. The Kier molecular flexibility index (Phi) is 4.96. The molecule has 0 spiro atoms. The van der Waals surface area contributed by atoms with Crippen LogP contribution in [-0.4, -0.2) is 32.2 Å². The minimum atomic E-state index is -3.75. The van der Waals surface area contributed by atoms with Crippen molar-refractivity contribution in [2.24, 2.45) is 10.2 Å². The summed E-state index contributed by atoms with van der Waals surface area (Å²) in [5, 5.41) is 12.2. The lowest BCUT2D eigenvalue weighted by atomic mass is 10.1. The van der Waals surface area contributed by atoms with Gasteiger partial charge in [0.05, 0.1) is 10.6 Å². The minimum Gasteiger partial charge on any atom is -0.331 e. The standard InChI is InChI=1S/C17H17N5O3S2/c1-10-4-3-5-13-14(16(23)22(2)15(10)13)20-21-17(26)19-11-6-8-12(9-7-11)27(18,24)25/h3-9H,1-2H3,(H2,18,24,25)(H2,19,21,26). The lowest BCUT2D eigenvalue weighted by molar-refractivity contribution is -0.112. The van der Waals surface area contributed by atoms with Crippen molar-refractivity contribution in [1.29, 1.82) is 0 Å². The maximum Gasteiger partial charge on any atom is 0.279 e. The highest BCUT2D eigenvalue weighted by molar-refractivity contribution is 7.89. The molecule has 10 heteroatoms. The van der Waals surface area contributed by atoms with Gasteiger partial charge in [0.15, 0.2) is 10.8 Å². The van der Waals surface area contributed by atoms with Gasteiger partial charge in [-0.15, -0.1) is 0 Å². The lowest BCUT2D eigenvalue weighted by Crippen LogP contribution is -2.30. The van der Waals surface area contributed by atoms with E-state index in [1.165, 1.54) is 24.3 Å². The van der Waals surface area contributed by atoms with E-state index in [1.54, 1.807) is 11.9 Å². The first-order chi connectivity index (χ1) is 12.7. The number of anilines is 2. The molecule has 0 bridgehead atoms. The van der Waals surface area contributed by atoms with E-state index in [4.69, 9.17) is 17.4 Å². The number of hydrazone groups is 1. The summed E-state index contributed by atoms with van der Waals surface area (Å²) < 4.78 is 22.5. The zero-order chi connectivity index (χ0) is 19.8. The Morgan fingerprint density at radius 3 is 2.48 bits per heavy atom. The van der Waals surface area contributed by atoms with Crippen LogP contribution in [0.25, 0.3) is 0 Å². The van der Waals surface area contributed by atoms with Crippen LogP contribution < -0.4 is 20.8 Å². The Morgan fingerprint density at radius 2 is 1.85 bits per heavy atom. The van der Waals surface area contributed by atoms with Crippen LogP contribution in [0.4, 0.5) is 11.4 Å². The molecule has 0 saturated heterocycles. The first-order valence-electron chi connectivity index (χ1n) is 7.84. The number of aryl methyl sites for hydroxylation is 1. The molecule has 0 atom stereocenters. The number of para-hydroxylation sites is 1. The monoisotopic (exact) mass is 403 g/mol. The van der Waals surface area contributed by atoms with Gasteiger partial charge < -0.3 is 10.2 Å². The smallest absolute Gasteiger partial charge is 0.279 e. The van der Waals surface area contributed by atoms with Crippen molar-refractivity contribution in [3.8, 4) is 0 Å². The van der Waals surface area contributed by atoms with E-state index in [9.17, 15) is 13.2 Å². The van der Waals surface area contributed by atoms with E-state index in [0.717, 1.165) is 16.8 Å². The number of primary sulfonamides is 1. The first kappa shape index (κ1) is 19.0. The SMILES string of the molecule is Cc1cccc2c1N(C)C(=O)C2=NNC(=S)Nc1ccc(S(N)(=O)=O)cc1. The number of nitrogens with two attached hydrogens (primary N) is 1. The molecule has 0 saturated carbocycles. The van der Waals surface area contributed by atoms with Crippen LogP contribution in [0.2, 0.25) is 0 Å². The summed E-state index contributed by atoms with van der Waals surface area (Å²) in [6.07, 6.45) is 0. The van der Waals surface area contributed by atoms with Gasteiger partial charge in [-0.3, -0.25) is 10.2 Å². The number of hydrogen-bond donors (Lipinski definition) is 3. The molecular formula is C17H17N5O3S2. The largest absolute Gasteiger partial charge is 0.331 e. The molecule has 0 fully saturated rings. The van der Waals surface area contributed by atoms with Crippen LogP contribution in [0.1, 0.15) is 11.1 Å². The summed E-state index contributed by atoms with van der Waals surface area (Å²) in [6.45, 7) is 1.93. The molecule has 27 heavy (non-hydrogen) atoms. The second-order valence-electron chi connectivity index (χ2n) is 5.93. The average molecular weight is 403 g/mol. The molecule has 3 rings (SSSR count). The maximum absolute atomic E-state index is 12.4. The molecule has 2 aromatic carbocycles. The number of carbonyl (C=O) groups is 1. The zero-order valence-electron chi connectivity index (χ0n) is 14.6. The van der Waals surface area contributed by atoms with Crippen LogP contribution in [0.5, 0.6) is 0 Å². The van der Waals surface area contributed by atoms with Gasteiger partial charge in [0.25, 0.3) is 5.91 Å². The van der Waals surface area contributed by atoms with Crippen molar-refractivity contribution in [3.05, 3.63) is 53.6 Å². The second-order valence-corrected chi connectivity index (χ2v) is 7.90. The van der Waals surface area contributed by atoms with E-state index >= 15 is 0 Å². The van der Waals surface area contributed by atoms with Crippen molar-refractivity contribution < 1.29 is 13.2 Å². The van der Waals surface area contributed by atoms with Crippen LogP contribution in [0.3, 0.4) is 0 Å². The Bertz CT molecular complexity index is 1060. The summed E-state index contributed by atoms with van der Waals surface area (Å²) in [4.78, 5) is 14.0. The zero-order valence-corrected chi connectivity index (χ0v) is 16.2. The van der Waals surface area contributed by atoms with Gasteiger partial charge in [-0.1, -0.05) is 18.2 Å². The summed E-state index contributed by atoms with van der Waals surface area (Å²) in [7, 11) is -2.06. The number of likely N-dealkylation sites (N-methyl/N-ethyl adjacent to an activating group) is 1. The fraction of sp³-hybridized carbons (Fsp3) is 0.118. The fourth-order valence-corrected chi connectivity index (χ4v) is 3.45. The number of amides is 1. The van der Waals surface area contributed by atoms with Gasteiger partial charge in [-0.05, 0) is 49.0 Å². The molecule has 1 heterocycles. The summed E-state index contributed by atoms with van der Waals surface area (Å²) in [5.41, 5.74) is 5.99. The van der Waals surface area contributed by atoms with Crippen molar-refractivity contribution in [2.75, 3.05) is 17.3 Å². The molecule has 0 aliphatic carbocycles. The maximum atomic E-state index is 12.4. The number of nitrogens with zero attached hydrogens (tertiary/aromatic N) is 2. The number of carbonyl (C=O) groups excluding carboxylic acids is 1. The van der Waals surface area contributed by atoms with Crippen molar-refractivity contribution >= 4 is 50.3 Å². The average Bonchev–Trinajstić information content (AvgIpc) is 2.85. The molecule has 4 N–H and O–H groups in total. The van der Waals surface area contributed by atoms with Crippen LogP contribution in [0, 0.1) is 6.92 Å². The molecule has 0 aromatic heterocycles. The number of rotatable bonds is 3. The molecular weight excluding hydrogens is 386 g/mol. The van der Waals surface area contributed by atoms with Gasteiger partial charge in [-0.2, -0.15) is 5.10 Å². The molecule has 1 amide bonds. The summed E-state index contributed by atoms with van der Waals surface area (Å²) >= 11 is 5.17. The van der Waals surface area contributed by atoms with Crippen molar-refractivity contribution in [1.82, 2.24) is 5.43 Å².